The molecule has 0 aliphatic heterocycles. The molecule has 0 atom stereocenters. The van der Waals surface area contributed by atoms with Gasteiger partial charge < -0.3 is 9.73 Å². The number of carbonyl (C=O) groups is 1. The van der Waals surface area contributed by atoms with E-state index < -0.39 is 22.5 Å². The third kappa shape index (κ3) is 4.09. The molecule has 0 saturated heterocycles. The van der Waals surface area contributed by atoms with Crippen molar-refractivity contribution in [2.24, 2.45) is 0 Å². The molecule has 4 rings (SSSR count). The fourth-order valence-corrected chi connectivity index (χ4v) is 4.49. The van der Waals surface area contributed by atoms with E-state index in [0.717, 1.165) is 26.9 Å². The molecule has 0 aliphatic carbocycles. The summed E-state index contributed by atoms with van der Waals surface area (Å²) in [7, 11) is -3.79. The molecule has 154 valence electrons. The summed E-state index contributed by atoms with van der Waals surface area (Å²) < 4.78 is 31.3. The number of anilines is 2. The molecule has 1 aromatic heterocycles. The predicted molar refractivity (Wildman–Crippen MR) is 121 cm³/mol. The van der Waals surface area contributed by atoms with Crippen LogP contribution >= 0.6 is 23.2 Å². The Morgan fingerprint density at radius 3 is 2.50 bits per heavy atom. The highest BCUT2D eigenvalue weighted by Gasteiger charge is 2.23. The van der Waals surface area contributed by atoms with Gasteiger partial charge in [-0.2, -0.15) is 0 Å². The van der Waals surface area contributed by atoms with Crippen molar-refractivity contribution in [3.8, 4) is 0 Å². The number of furan rings is 1. The molecule has 6 nitrogen and oxygen atoms in total. The van der Waals surface area contributed by atoms with Gasteiger partial charge in [-0.1, -0.05) is 41.4 Å². The zero-order valence-corrected chi connectivity index (χ0v) is 18.1. The van der Waals surface area contributed by atoms with Gasteiger partial charge >= 0.3 is 0 Å². The Morgan fingerprint density at radius 2 is 1.73 bits per heavy atom. The molecule has 0 aliphatic rings. The third-order valence-corrected chi connectivity index (χ3v) is 6.21. The highest BCUT2D eigenvalue weighted by atomic mass is 35.5. The van der Waals surface area contributed by atoms with Crippen LogP contribution in [0.1, 0.15) is 0 Å². The van der Waals surface area contributed by atoms with Crippen molar-refractivity contribution in [3.63, 3.8) is 0 Å². The number of benzene rings is 3. The summed E-state index contributed by atoms with van der Waals surface area (Å²) in [5.74, 6) is -0.535. The summed E-state index contributed by atoms with van der Waals surface area (Å²) in [5.41, 5.74) is 1.98. The fourth-order valence-electron chi connectivity index (χ4n) is 3.19. The van der Waals surface area contributed by atoms with Crippen LogP contribution in [0.2, 0.25) is 10.0 Å². The molecule has 1 heterocycles. The molecule has 0 radical (unpaired) electrons. The van der Waals surface area contributed by atoms with Gasteiger partial charge in [-0.05, 0) is 36.4 Å². The first-order valence-electron chi connectivity index (χ1n) is 8.86. The molecule has 0 fully saturated rings. The lowest BCUT2D eigenvalue weighted by atomic mass is 10.1. The van der Waals surface area contributed by atoms with Crippen LogP contribution in [0.4, 0.5) is 11.4 Å². The lowest BCUT2D eigenvalue weighted by Gasteiger charge is -2.23. The van der Waals surface area contributed by atoms with Crippen molar-refractivity contribution in [3.05, 3.63) is 70.7 Å². The van der Waals surface area contributed by atoms with Crippen molar-refractivity contribution in [1.29, 1.82) is 0 Å². The molecule has 0 spiro atoms. The first-order chi connectivity index (χ1) is 14.2. The number of hydrogen-bond donors (Lipinski definition) is 1. The monoisotopic (exact) mass is 462 g/mol. The number of nitrogens with one attached hydrogen (secondary N) is 1. The van der Waals surface area contributed by atoms with E-state index in [0.29, 0.717) is 16.3 Å². The number of rotatable bonds is 5. The van der Waals surface area contributed by atoms with Crippen molar-refractivity contribution in [2.75, 3.05) is 22.4 Å². The zero-order chi connectivity index (χ0) is 21.5. The summed E-state index contributed by atoms with van der Waals surface area (Å²) in [4.78, 5) is 12.6. The number of fused-ring (bicyclic) bond motifs is 3. The molecule has 4 aromatic rings. The first-order valence-corrected chi connectivity index (χ1v) is 11.5. The Bertz CT molecular complexity index is 1380. The van der Waals surface area contributed by atoms with E-state index in [-0.39, 0.29) is 10.7 Å². The highest BCUT2D eigenvalue weighted by Crippen LogP contribution is 2.32. The van der Waals surface area contributed by atoms with Crippen LogP contribution < -0.4 is 9.62 Å². The van der Waals surface area contributed by atoms with Gasteiger partial charge in [0.05, 0.1) is 17.0 Å². The highest BCUT2D eigenvalue weighted by molar-refractivity contribution is 7.92. The van der Waals surface area contributed by atoms with E-state index in [1.165, 1.54) is 18.2 Å². The van der Waals surface area contributed by atoms with Crippen LogP contribution in [0.25, 0.3) is 21.9 Å². The number of halogens is 2. The van der Waals surface area contributed by atoms with Gasteiger partial charge in [0.15, 0.2) is 0 Å². The molecule has 1 amide bonds. The van der Waals surface area contributed by atoms with Gasteiger partial charge in [0.25, 0.3) is 0 Å². The molecule has 1 N–H and O–H groups in total. The van der Waals surface area contributed by atoms with E-state index in [2.05, 4.69) is 5.32 Å². The van der Waals surface area contributed by atoms with Crippen molar-refractivity contribution >= 4 is 72.4 Å². The Balaban J connectivity index is 1.60. The average molecular weight is 463 g/mol. The third-order valence-electron chi connectivity index (χ3n) is 4.53. The standard InChI is InChI=1S/C21H16Cl2N2O4S/c1-30(27,28)25(18-10-13(22)6-9-17(18)23)12-21(26)24-14-7-8-16-15-4-2-3-5-19(15)29-20(16)11-14/h2-11H,12H2,1H3,(H,24,26). The molecular weight excluding hydrogens is 447 g/mol. The normalized spacial score (nSPS) is 11.7. The minimum absolute atomic E-state index is 0.134. The summed E-state index contributed by atoms with van der Waals surface area (Å²) in [6, 6.07) is 17.3. The molecular formula is C21H16Cl2N2O4S. The molecule has 9 heteroatoms. The predicted octanol–water partition coefficient (Wildman–Crippen LogP) is 5.30. The van der Waals surface area contributed by atoms with Gasteiger partial charge in [0.2, 0.25) is 15.9 Å². The molecule has 0 unspecified atom stereocenters. The van der Waals surface area contributed by atoms with Crippen molar-refractivity contribution in [2.45, 2.75) is 0 Å². The maximum atomic E-state index is 12.6. The van der Waals surface area contributed by atoms with Crippen molar-refractivity contribution in [1.82, 2.24) is 0 Å². The number of amides is 1. The summed E-state index contributed by atoms with van der Waals surface area (Å²) >= 11 is 12.1. The maximum Gasteiger partial charge on any atom is 0.245 e. The largest absolute Gasteiger partial charge is 0.456 e. The Labute approximate surface area is 183 Å². The summed E-state index contributed by atoms with van der Waals surface area (Å²) in [5, 5.41) is 5.08. The second-order valence-corrected chi connectivity index (χ2v) is 9.47. The van der Waals surface area contributed by atoms with E-state index in [1.54, 1.807) is 12.1 Å². The van der Waals surface area contributed by atoms with E-state index >= 15 is 0 Å². The average Bonchev–Trinajstić information content (AvgIpc) is 3.05. The fraction of sp³-hybridized carbons (Fsp3) is 0.0952. The van der Waals surface area contributed by atoms with Crippen LogP contribution in [0.3, 0.4) is 0 Å². The zero-order valence-electron chi connectivity index (χ0n) is 15.7. The number of para-hydroxylation sites is 1. The lowest BCUT2D eigenvalue weighted by Crippen LogP contribution is -2.37. The minimum atomic E-state index is -3.79. The van der Waals surface area contributed by atoms with Gasteiger partial charge in [0.1, 0.15) is 17.7 Å². The second kappa shape index (κ2) is 7.83. The Hall–Kier alpha value is -2.74. The maximum absolute atomic E-state index is 12.6. The van der Waals surface area contributed by atoms with Crippen LogP contribution in [0.15, 0.2) is 65.1 Å². The van der Waals surface area contributed by atoms with E-state index in [9.17, 15) is 13.2 Å². The summed E-state index contributed by atoms with van der Waals surface area (Å²) in [6.07, 6.45) is 0.998. The van der Waals surface area contributed by atoms with Gasteiger partial charge in [-0.15, -0.1) is 0 Å². The second-order valence-electron chi connectivity index (χ2n) is 6.72. The Kier molecular flexibility index (Phi) is 5.36. The quantitative estimate of drug-likeness (QED) is 0.436. The Morgan fingerprint density at radius 1 is 1.00 bits per heavy atom. The van der Waals surface area contributed by atoms with Gasteiger partial charge in [-0.25, -0.2) is 8.42 Å². The molecule has 30 heavy (non-hydrogen) atoms. The summed E-state index contributed by atoms with van der Waals surface area (Å²) in [6.45, 7) is -0.461. The topological polar surface area (TPSA) is 79.6 Å². The van der Waals surface area contributed by atoms with Gasteiger partial charge in [0, 0.05) is 27.5 Å². The van der Waals surface area contributed by atoms with Crippen LogP contribution in [0.5, 0.6) is 0 Å². The SMILES string of the molecule is CS(=O)(=O)N(CC(=O)Nc1ccc2c(c1)oc1ccccc12)c1cc(Cl)ccc1Cl. The van der Waals surface area contributed by atoms with Crippen LogP contribution in [-0.2, 0) is 14.8 Å². The number of hydrogen-bond acceptors (Lipinski definition) is 4. The minimum Gasteiger partial charge on any atom is -0.456 e. The number of carbonyl (C=O) groups excluding carboxylic acids is 1. The number of sulfonamides is 1. The lowest BCUT2D eigenvalue weighted by molar-refractivity contribution is -0.114. The number of nitrogens with zero attached hydrogens (tertiary/aromatic N) is 1. The van der Waals surface area contributed by atoms with E-state index in [4.69, 9.17) is 27.6 Å². The van der Waals surface area contributed by atoms with E-state index in [1.807, 2.05) is 30.3 Å². The van der Waals surface area contributed by atoms with Gasteiger partial charge in [-0.3, -0.25) is 9.10 Å². The smallest absolute Gasteiger partial charge is 0.245 e. The molecule has 0 bridgehead atoms. The first kappa shape index (κ1) is 20.5. The molecule has 3 aromatic carbocycles. The molecule has 0 saturated carbocycles. The van der Waals surface area contributed by atoms with Crippen LogP contribution in [-0.4, -0.2) is 27.1 Å². The van der Waals surface area contributed by atoms with Crippen molar-refractivity contribution < 1.29 is 17.6 Å². The van der Waals surface area contributed by atoms with Crippen LogP contribution in [0, 0.1) is 0 Å².